The molecule has 1 fully saturated rings. The number of amides is 1. The Bertz CT molecular complexity index is 632. The molecule has 1 amide bonds. The summed E-state index contributed by atoms with van der Waals surface area (Å²) in [6.07, 6.45) is 0.877. The monoisotopic (exact) mass is 306 g/mol. The number of nitrogens with zero attached hydrogens (tertiary/aromatic N) is 1. The van der Waals surface area contributed by atoms with Gasteiger partial charge in [-0.3, -0.25) is 4.79 Å². The maximum Gasteiger partial charge on any atom is 0.260 e. The van der Waals surface area contributed by atoms with Crippen molar-refractivity contribution in [2.45, 2.75) is 12.5 Å². The molecule has 1 saturated heterocycles. The van der Waals surface area contributed by atoms with Gasteiger partial charge in [-0.25, -0.2) is 0 Å². The molecular formula is C16H19ClN2O2. The van der Waals surface area contributed by atoms with Gasteiger partial charge in [-0.15, -0.1) is 12.4 Å². The second-order valence-corrected chi connectivity index (χ2v) is 5.19. The smallest absolute Gasteiger partial charge is 0.260 e. The maximum atomic E-state index is 12.0. The zero-order chi connectivity index (χ0) is 13.9. The summed E-state index contributed by atoms with van der Waals surface area (Å²) < 4.78 is 5.59. The molecule has 0 spiro atoms. The van der Waals surface area contributed by atoms with Crippen molar-refractivity contribution >= 4 is 29.1 Å². The maximum absolute atomic E-state index is 12.0. The Balaban J connectivity index is 0.00000161. The van der Waals surface area contributed by atoms with Gasteiger partial charge in [-0.2, -0.15) is 0 Å². The third-order valence-corrected chi connectivity index (χ3v) is 3.66. The van der Waals surface area contributed by atoms with Crippen molar-refractivity contribution in [2.75, 3.05) is 19.7 Å². The lowest BCUT2D eigenvalue weighted by Gasteiger charge is -2.16. The Morgan fingerprint density at radius 3 is 2.71 bits per heavy atom. The number of nitrogens with two attached hydrogens (primary N) is 1. The molecule has 5 heteroatoms. The fraction of sp³-hybridized carbons (Fsp3) is 0.312. The van der Waals surface area contributed by atoms with Crippen LogP contribution in [0.15, 0.2) is 42.5 Å². The molecule has 1 aliphatic rings. The van der Waals surface area contributed by atoms with Crippen LogP contribution in [0.4, 0.5) is 0 Å². The second-order valence-electron chi connectivity index (χ2n) is 5.19. The van der Waals surface area contributed by atoms with E-state index in [9.17, 15) is 4.79 Å². The van der Waals surface area contributed by atoms with Gasteiger partial charge in [-0.05, 0) is 29.3 Å². The van der Waals surface area contributed by atoms with E-state index in [0.717, 1.165) is 29.5 Å². The number of halogens is 1. The molecule has 1 heterocycles. The third-order valence-electron chi connectivity index (χ3n) is 3.66. The van der Waals surface area contributed by atoms with E-state index < -0.39 is 0 Å². The minimum absolute atomic E-state index is 0. The Kier molecular flexibility index (Phi) is 5.04. The number of rotatable bonds is 3. The molecule has 4 nitrogen and oxygen atoms in total. The largest absolute Gasteiger partial charge is 0.484 e. The molecular weight excluding hydrogens is 288 g/mol. The first-order chi connectivity index (χ1) is 9.72. The summed E-state index contributed by atoms with van der Waals surface area (Å²) in [4.78, 5) is 13.7. The minimum Gasteiger partial charge on any atom is -0.484 e. The van der Waals surface area contributed by atoms with E-state index in [-0.39, 0.29) is 31.0 Å². The van der Waals surface area contributed by atoms with E-state index in [4.69, 9.17) is 10.5 Å². The van der Waals surface area contributed by atoms with Crippen LogP contribution < -0.4 is 10.5 Å². The SMILES string of the molecule is Cl.N[C@@H]1CCN(C(=O)COc2ccc3ccccc3c2)C1. The number of fused-ring (bicyclic) bond motifs is 1. The molecule has 2 N–H and O–H groups in total. The zero-order valence-electron chi connectivity index (χ0n) is 11.7. The first-order valence-electron chi connectivity index (χ1n) is 6.87. The highest BCUT2D eigenvalue weighted by molar-refractivity contribution is 5.85. The summed E-state index contributed by atoms with van der Waals surface area (Å²) in [5.74, 6) is 0.728. The summed E-state index contributed by atoms with van der Waals surface area (Å²) in [6.45, 7) is 1.45. The topological polar surface area (TPSA) is 55.6 Å². The van der Waals surface area contributed by atoms with Gasteiger partial charge in [0.25, 0.3) is 5.91 Å². The molecule has 1 aliphatic heterocycles. The van der Waals surface area contributed by atoms with Crippen molar-refractivity contribution in [3.63, 3.8) is 0 Å². The van der Waals surface area contributed by atoms with Gasteiger partial charge in [0.2, 0.25) is 0 Å². The molecule has 0 saturated carbocycles. The highest BCUT2D eigenvalue weighted by atomic mass is 35.5. The van der Waals surface area contributed by atoms with Gasteiger partial charge >= 0.3 is 0 Å². The molecule has 0 aliphatic carbocycles. The van der Waals surface area contributed by atoms with E-state index in [1.807, 2.05) is 36.4 Å². The summed E-state index contributed by atoms with van der Waals surface area (Å²) in [5.41, 5.74) is 5.80. The van der Waals surface area contributed by atoms with Gasteiger partial charge in [0.05, 0.1) is 0 Å². The first-order valence-corrected chi connectivity index (χ1v) is 6.87. The molecule has 0 radical (unpaired) electrons. The molecule has 2 aromatic carbocycles. The van der Waals surface area contributed by atoms with Gasteiger partial charge in [-0.1, -0.05) is 30.3 Å². The number of ether oxygens (including phenoxy) is 1. The molecule has 21 heavy (non-hydrogen) atoms. The van der Waals surface area contributed by atoms with Crippen LogP contribution in [-0.4, -0.2) is 36.5 Å². The van der Waals surface area contributed by atoms with Crippen molar-refractivity contribution in [2.24, 2.45) is 5.73 Å². The number of carbonyl (C=O) groups is 1. The summed E-state index contributed by atoms with van der Waals surface area (Å²) in [7, 11) is 0. The van der Waals surface area contributed by atoms with Crippen molar-refractivity contribution < 1.29 is 9.53 Å². The number of likely N-dealkylation sites (tertiary alicyclic amines) is 1. The van der Waals surface area contributed by atoms with E-state index in [1.165, 1.54) is 0 Å². The van der Waals surface area contributed by atoms with Gasteiger partial charge in [0, 0.05) is 19.1 Å². The van der Waals surface area contributed by atoms with Crippen molar-refractivity contribution in [1.29, 1.82) is 0 Å². The first kappa shape index (κ1) is 15.6. The summed E-state index contributed by atoms with van der Waals surface area (Å²) in [6, 6.07) is 14.0. The standard InChI is InChI=1S/C16H18N2O2.ClH/c17-14-7-8-18(10-14)16(19)11-20-15-6-5-12-3-1-2-4-13(12)9-15;/h1-6,9,14H,7-8,10-11,17H2;1H/t14-;/m1./s1. The highest BCUT2D eigenvalue weighted by Gasteiger charge is 2.23. The Morgan fingerprint density at radius 2 is 2.00 bits per heavy atom. The average molecular weight is 307 g/mol. The predicted octanol–water partition coefficient (Wildman–Crippen LogP) is 2.20. The van der Waals surface area contributed by atoms with Crippen LogP contribution in [0.25, 0.3) is 10.8 Å². The van der Waals surface area contributed by atoms with Crippen molar-refractivity contribution in [3.8, 4) is 5.75 Å². The molecule has 0 unspecified atom stereocenters. The van der Waals surface area contributed by atoms with Crippen LogP contribution in [-0.2, 0) is 4.79 Å². The fourth-order valence-corrected chi connectivity index (χ4v) is 2.51. The number of hydrogen-bond donors (Lipinski definition) is 1. The molecule has 1 atom stereocenters. The van der Waals surface area contributed by atoms with Crippen molar-refractivity contribution in [3.05, 3.63) is 42.5 Å². The Hall–Kier alpha value is -1.78. The lowest BCUT2D eigenvalue weighted by atomic mass is 10.1. The zero-order valence-corrected chi connectivity index (χ0v) is 12.5. The lowest BCUT2D eigenvalue weighted by molar-refractivity contribution is -0.132. The van der Waals surface area contributed by atoms with Gasteiger partial charge in [0.1, 0.15) is 5.75 Å². The van der Waals surface area contributed by atoms with E-state index in [2.05, 4.69) is 6.07 Å². The Labute approximate surface area is 130 Å². The highest BCUT2D eigenvalue weighted by Crippen LogP contribution is 2.20. The molecule has 3 rings (SSSR count). The predicted molar refractivity (Wildman–Crippen MR) is 85.9 cm³/mol. The van der Waals surface area contributed by atoms with Crippen LogP contribution in [0, 0.1) is 0 Å². The normalized spacial score (nSPS) is 17.6. The number of hydrogen-bond acceptors (Lipinski definition) is 3. The Morgan fingerprint density at radius 1 is 1.24 bits per heavy atom. The fourth-order valence-electron chi connectivity index (χ4n) is 2.51. The van der Waals surface area contributed by atoms with Gasteiger partial charge < -0.3 is 15.4 Å². The van der Waals surface area contributed by atoms with E-state index in [0.29, 0.717) is 6.54 Å². The quantitative estimate of drug-likeness (QED) is 0.946. The van der Waals surface area contributed by atoms with Crippen LogP contribution in [0.1, 0.15) is 6.42 Å². The van der Waals surface area contributed by atoms with E-state index >= 15 is 0 Å². The second kappa shape index (κ2) is 6.78. The van der Waals surface area contributed by atoms with Crippen LogP contribution >= 0.6 is 12.4 Å². The average Bonchev–Trinajstić information content (AvgIpc) is 2.91. The minimum atomic E-state index is 0. The third kappa shape index (κ3) is 3.65. The lowest BCUT2D eigenvalue weighted by Crippen LogP contribution is -2.35. The molecule has 0 bridgehead atoms. The van der Waals surface area contributed by atoms with E-state index in [1.54, 1.807) is 4.90 Å². The van der Waals surface area contributed by atoms with Gasteiger partial charge in [0.15, 0.2) is 6.61 Å². The van der Waals surface area contributed by atoms with Crippen LogP contribution in [0.3, 0.4) is 0 Å². The molecule has 112 valence electrons. The van der Waals surface area contributed by atoms with Crippen LogP contribution in [0.5, 0.6) is 5.75 Å². The summed E-state index contributed by atoms with van der Waals surface area (Å²) in [5, 5.41) is 2.28. The van der Waals surface area contributed by atoms with Crippen molar-refractivity contribution in [1.82, 2.24) is 4.90 Å². The molecule has 0 aromatic heterocycles. The number of benzene rings is 2. The number of carbonyl (C=O) groups excluding carboxylic acids is 1. The molecule has 2 aromatic rings. The van der Waals surface area contributed by atoms with Crippen LogP contribution in [0.2, 0.25) is 0 Å². The summed E-state index contributed by atoms with van der Waals surface area (Å²) >= 11 is 0.